The molecule has 1 rings (SSSR count). The number of nitrogens with zero attached hydrogens (tertiary/aromatic N) is 1. The van der Waals surface area contributed by atoms with Crippen LogP contribution in [0.4, 0.5) is 0 Å². The normalized spacial score (nSPS) is 22.4. The van der Waals surface area contributed by atoms with Crippen LogP contribution in [-0.4, -0.2) is 22.9 Å². The van der Waals surface area contributed by atoms with Crippen molar-refractivity contribution in [1.29, 1.82) is 0 Å². The van der Waals surface area contributed by atoms with Gasteiger partial charge in [-0.1, -0.05) is 84.0 Å². The van der Waals surface area contributed by atoms with E-state index < -0.39 is 7.65 Å². The van der Waals surface area contributed by atoms with Crippen molar-refractivity contribution in [2.75, 3.05) is 6.54 Å². The predicted molar refractivity (Wildman–Crippen MR) is 110 cm³/mol. The maximum Gasteiger partial charge on any atom is 0.207 e. The summed E-state index contributed by atoms with van der Waals surface area (Å²) >= 11 is 6.38. The van der Waals surface area contributed by atoms with E-state index in [0.29, 0.717) is 6.10 Å². The van der Waals surface area contributed by atoms with Gasteiger partial charge in [0.05, 0.1) is 6.10 Å². The molecule has 0 aromatic rings. The Kier molecular flexibility index (Phi) is 12.2. The minimum atomic E-state index is -0.891. The molecular formula is C20H41ClNOP. The Hall–Kier alpha value is 0.640. The van der Waals surface area contributed by atoms with Crippen molar-refractivity contribution in [3.63, 3.8) is 0 Å². The van der Waals surface area contributed by atoms with E-state index in [9.17, 15) is 0 Å². The van der Waals surface area contributed by atoms with E-state index in [2.05, 4.69) is 32.4 Å². The molecule has 144 valence electrons. The zero-order valence-electron chi connectivity index (χ0n) is 16.7. The van der Waals surface area contributed by atoms with Crippen LogP contribution in [0.15, 0.2) is 0 Å². The van der Waals surface area contributed by atoms with Gasteiger partial charge in [0.15, 0.2) is 0 Å². The van der Waals surface area contributed by atoms with Gasteiger partial charge in [0.1, 0.15) is 0 Å². The molecule has 0 saturated carbocycles. The van der Waals surface area contributed by atoms with Crippen molar-refractivity contribution in [3.05, 3.63) is 0 Å². The van der Waals surface area contributed by atoms with Gasteiger partial charge in [0.25, 0.3) is 0 Å². The highest BCUT2D eigenvalue weighted by molar-refractivity contribution is 7.78. The summed E-state index contributed by atoms with van der Waals surface area (Å²) in [4.78, 5) is 0. The average Bonchev–Trinajstić information content (AvgIpc) is 2.89. The highest BCUT2D eigenvalue weighted by Crippen LogP contribution is 2.56. The molecule has 0 aliphatic carbocycles. The molecule has 0 aromatic heterocycles. The SMILES string of the molecule is CCCCCCCCCCCCCCC1CN(C(C)(C)C)P(Cl)O1. The van der Waals surface area contributed by atoms with Gasteiger partial charge in [0.2, 0.25) is 7.65 Å². The molecule has 1 saturated heterocycles. The van der Waals surface area contributed by atoms with Crippen LogP contribution in [-0.2, 0) is 4.52 Å². The number of hydrogen-bond donors (Lipinski definition) is 0. The molecule has 4 heteroatoms. The monoisotopic (exact) mass is 377 g/mol. The number of rotatable bonds is 13. The van der Waals surface area contributed by atoms with Crippen molar-refractivity contribution in [3.8, 4) is 0 Å². The molecule has 2 unspecified atom stereocenters. The zero-order valence-corrected chi connectivity index (χ0v) is 18.3. The van der Waals surface area contributed by atoms with Crippen molar-refractivity contribution in [2.45, 2.75) is 123 Å². The lowest BCUT2D eigenvalue weighted by molar-refractivity contribution is 0.213. The maximum atomic E-state index is 6.38. The molecule has 2 nitrogen and oxygen atoms in total. The van der Waals surface area contributed by atoms with Crippen molar-refractivity contribution in [2.24, 2.45) is 0 Å². The second-order valence-electron chi connectivity index (χ2n) is 8.38. The van der Waals surface area contributed by atoms with Crippen molar-refractivity contribution in [1.82, 2.24) is 4.67 Å². The topological polar surface area (TPSA) is 12.5 Å². The summed E-state index contributed by atoms with van der Waals surface area (Å²) in [6, 6.07) is 0. The summed E-state index contributed by atoms with van der Waals surface area (Å²) in [5, 5.41) is 0. The molecular weight excluding hydrogens is 337 g/mol. The highest BCUT2D eigenvalue weighted by Gasteiger charge is 2.38. The Morgan fingerprint density at radius 2 is 1.33 bits per heavy atom. The minimum Gasteiger partial charge on any atom is -0.327 e. The summed E-state index contributed by atoms with van der Waals surface area (Å²) in [7, 11) is -0.891. The Balaban J connectivity index is 1.89. The first-order chi connectivity index (χ1) is 11.4. The third-order valence-corrected chi connectivity index (χ3v) is 7.36. The van der Waals surface area contributed by atoms with Gasteiger partial charge in [0, 0.05) is 12.1 Å². The summed E-state index contributed by atoms with van der Waals surface area (Å²) in [5.41, 5.74) is 0.124. The van der Waals surface area contributed by atoms with Crippen molar-refractivity contribution >= 4 is 18.9 Å². The predicted octanol–water partition coefficient (Wildman–Crippen LogP) is 8.04. The molecule has 0 amide bonds. The molecule has 0 radical (unpaired) electrons. The Morgan fingerprint density at radius 1 is 0.875 bits per heavy atom. The fourth-order valence-electron chi connectivity index (χ4n) is 3.34. The van der Waals surface area contributed by atoms with Gasteiger partial charge in [-0.3, -0.25) is 0 Å². The van der Waals surface area contributed by atoms with E-state index in [1.54, 1.807) is 0 Å². The van der Waals surface area contributed by atoms with Crippen LogP contribution in [0.1, 0.15) is 111 Å². The lowest BCUT2D eigenvalue weighted by atomic mass is 10.0. The van der Waals surface area contributed by atoms with Crippen LogP contribution in [0.2, 0.25) is 0 Å². The molecule has 0 spiro atoms. The molecule has 0 aromatic carbocycles. The number of unbranched alkanes of at least 4 members (excludes halogenated alkanes) is 11. The maximum absolute atomic E-state index is 6.38. The Morgan fingerprint density at radius 3 is 1.75 bits per heavy atom. The average molecular weight is 378 g/mol. The van der Waals surface area contributed by atoms with Gasteiger partial charge >= 0.3 is 0 Å². The first-order valence-corrected chi connectivity index (χ1v) is 12.5. The minimum absolute atomic E-state index is 0.124. The van der Waals surface area contributed by atoms with Crippen LogP contribution in [0.5, 0.6) is 0 Å². The van der Waals surface area contributed by atoms with E-state index >= 15 is 0 Å². The van der Waals surface area contributed by atoms with Crippen LogP contribution in [0, 0.1) is 0 Å². The second kappa shape index (κ2) is 12.9. The van der Waals surface area contributed by atoms with E-state index in [1.165, 1.54) is 83.5 Å². The van der Waals surface area contributed by atoms with Crippen molar-refractivity contribution < 1.29 is 4.52 Å². The van der Waals surface area contributed by atoms with Crippen LogP contribution in [0.25, 0.3) is 0 Å². The second-order valence-corrected chi connectivity index (χ2v) is 10.4. The molecule has 24 heavy (non-hydrogen) atoms. The summed E-state index contributed by atoms with van der Waals surface area (Å²) < 4.78 is 8.28. The number of hydrogen-bond acceptors (Lipinski definition) is 2. The molecule has 1 aliphatic rings. The first-order valence-electron chi connectivity index (χ1n) is 10.4. The van der Waals surface area contributed by atoms with Gasteiger partial charge in [-0.05, 0) is 38.4 Å². The Labute approximate surface area is 157 Å². The third-order valence-electron chi connectivity index (χ3n) is 4.96. The van der Waals surface area contributed by atoms with E-state index in [0.717, 1.165) is 6.54 Å². The standard InChI is InChI=1S/C20H41ClNOP/c1-5-6-7-8-9-10-11-12-13-14-15-16-17-19-18-22(20(2,3)4)24(21)23-19/h19H,5-18H2,1-4H3. The van der Waals surface area contributed by atoms with Gasteiger partial charge < -0.3 is 4.52 Å². The lowest BCUT2D eigenvalue weighted by Gasteiger charge is -2.31. The largest absolute Gasteiger partial charge is 0.327 e. The molecule has 0 bridgehead atoms. The molecule has 2 atom stereocenters. The summed E-state index contributed by atoms with van der Waals surface area (Å²) in [6.07, 6.45) is 18.4. The van der Waals surface area contributed by atoms with Gasteiger partial charge in [-0.2, -0.15) is 0 Å². The Bertz CT molecular complexity index is 309. The van der Waals surface area contributed by atoms with E-state index in [1.807, 2.05) is 0 Å². The van der Waals surface area contributed by atoms with Crippen LogP contribution in [0.3, 0.4) is 0 Å². The molecule has 1 heterocycles. The molecule has 0 N–H and O–H groups in total. The fourth-order valence-corrected chi connectivity index (χ4v) is 5.85. The first kappa shape index (κ1) is 22.7. The smallest absolute Gasteiger partial charge is 0.207 e. The third kappa shape index (κ3) is 9.95. The number of halogens is 1. The van der Waals surface area contributed by atoms with Crippen LogP contribution >= 0.6 is 18.9 Å². The van der Waals surface area contributed by atoms with E-state index in [4.69, 9.17) is 15.8 Å². The van der Waals surface area contributed by atoms with E-state index in [-0.39, 0.29) is 5.54 Å². The van der Waals surface area contributed by atoms with Gasteiger partial charge in [-0.25, -0.2) is 4.67 Å². The molecule has 1 aliphatic heterocycles. The summed E-state index contributed by atoms with van der Waals surface area (Å²) in [5.74, 6) is 0. The lowest BCUT2D eigenvalue weighted by Crippen LogP contribution is -2.36. The van der Waals surface area contributed by atoms with Gasteiger partial charge in [-0.15, -0.1) is 0 Å². The summed E-state index contributed by atoms with van der Waals surface area (Å²) in [6.45, 7) is 9.96. The fraction of sp³-hybridized carbons (Fsp3) is 1.00. The van der Waals surface area contributed by atoms with Crippen LogP contribution < -0.4 is 0 Å². The highest BCUT2D eigenvalue weighted by atomic mass is 35.7. The quantitative estimate of drug-likeness (QED) is 0.238. The molecule has 1 fully saturated rings. The zero-order chi connectivity index (χ0) is 17.8.